The van der Waals surface area contributed by atoms with Crippen LogP contribution < -0.4 is 19.5 Å². The van der Waals surface area contributed by atoms with Gasteiger partial charge in [-0.1, -0.05) is 18.2 Å². The number of hydrogen-bond donors (Lipinski definition) is 1. The summed E-state index contributed by atoms with van der Waals surface area (Å²) in [5.41, 5.74) is 1.35. The Bertz CT molecular complexity index is 591. The molecule has 112 valence electrons. The van der Waals surface area contributed by atoms with Gasteiger partial charge in [0.25, 0.3) is 0 Å². The minimum atomic E-state index is -0.238. The molecule has 5 heteroatoms. The van der Waals surface area contributed by atoms with E-state index in [1.165, 1.54) is 6.07 Å². The lowest BCUT2D eigenvalue weighted by Crippen LogP contribution is -2.03. The van der Waals surface area contributed by atoms with Gasteiger partial charge >= 0.3 is 0 Å². The van der Waals surface area contributed by atoms with Crippen LogP contribution in [0.25, 0.3) is 0 Å². The van der Waals surface area contributed by atoms with Gasteiger partial charge in [0.2, 0.25) is 5.75 Å². The van der Waals surface area contributed by atoms with Gasteiger partial charge in [-0.2, -0.15) is 0 Å². The van der Waals surface area contributed by atoms with Crippen LogP contribution in [0, 0.1) is 5.82 Å². The molecule has 0 spiro atoms. The third-order valence-corrected chi connectivity index (χ3v) is 3.11. The number of rotatable bonds is 6. The summed E-state index contributed by atoms with van der Waals surface area (Å²) in [6, 6.07) is 10.2. The molecule has 0 fully saturated rings. The molecular formula is C16H18FNO3. The highest BCUT2D eigenvalue weighted by atomic mass is 19.1. The molecule has 2 aromatic carbocycles. The predicted molar refractivity (Wildman–Crippen MR) is 79.8 cm³/mol. The van der Waals surface area contributed by atoms with Crippen LogP contribution in [-0.2, 0) is 6.54 Å². The zero-order chi connectivity index (χ0) is 15.2. The fourth-order valence-electron chi connectivity index (χ4n) is 2.02. The first-order valence-electron chi connectivity index (χ1n) is 6.47. The zero-order valence-electron chi connectivity index (χ0n) is 12.3. The van der Waals surface area contributed by atoms with Crippen molar-refractivity contribution in [2.45, 2.75) is 6.54 Å². The number of ether oxygens (including phenoxy) is 3. The summed E-state index contributed by atoms with van der Waals surface area (Å²) < 4.78 is 29.4. The Hall–Kier alpha value is -2.43. The molecule has 2 rings (SSSR count). The fourth-order valence-corrected chi connectivity index (χ4v) is 2.02. The predicted octanol–water partition coefficient (Wildman–Crippen LogP) is 3.46. The van der Waals surface area contributed by atoms with E-state index in [9.17, 15) is 4.39 Å². The van der Waals surface area contributed by atoms with Crippen LogP contribution in [0.4, 0.5) is 10.1 Å². The van der Waals surface area contributed by atoms with Gasteiger partial charge in [-0.05, 0) is 6.07 Å². The Labute approximate surface area is 123 Å². The number of benzene rings is 2. The van der Waals surface area contributed by atoms with E-state index in [-0.39, 0.29) is 5.82 Å². The Morgan fingerprint density at radius 2 is 1.57 bits per heavy atom. The molecule has 0 unspecified atom stereocenters. The lowest BCUT2D eigenvalue weighted by molar-refractivity contribution is 0.324. The minimum Gasteiger partial charge on any atom is -0.493 e. The summed E-state index contributed by atoms with van der Waals surface area (Å²) in [4.78, 5) is 0. The first-order valence-corrected chi connectivity index (χ1v) is 6.47. The molecule has 0 aliphatic rings. The number of anilines is 1. The van der Waals surface area contributed by atoms with Crippen molar-refractivity contribution in [3.05, 3.63) is 47.8 Å². The van der Waals surface area contributed by atoms with E-state index in [1.54, 1.807) is 51.7 Å². The van der Waals surface area contributed by atoms with E-state index < -0.39 is 0 Å². The first-order chi connectivity index (χ1) is 10.2. The number of nitrogens with one attached hydrogen (secondary N) is 1. The SMILES string of the molecule is COc1cc(NCc2ccccc2F)cc(OC)c1OC. The maximum absolute atomic E-state index is 13.6. The van der Waals surface area contributed by atoms with Crippen molar-refractivity contribution in [1.82, 2.24) is 0 Å². The van der Waals surface area contributed by atoms with Gasteiger partial charge in [-0.15, -0.1) is 0 Å². The van der Waals surface area contributed by atoms with E-state index in [2.05, 4.69) is 5.32 Å². The Morgan fingerprint density at radius 3 is 2.10 bits per heavy atom. The van der Waals surface area contributed by atoms with E-state index in [1.807, 2.05) is 0 Å². The molecule has 0 heterocycles. The molecule has 0 aromatic heterocycles. The number of hydrogen-bond acceptors (Lipinski definition) is 4. The molecule has 0 radical (unpaired) electrons. The van der Waals surface area contributed by atoms with Gasteiger partial charge in [0, 0.05) is 29.9 Å². The van der Waals surface area contributed by atoms with Crippen molar-refractivity contribution in [2.75, 3.05) is 26.6 Å². The highest BCUT2D eigenvalue weighted by Gasteiger charge is 2.13. The maximum atomic E-state index is 13.6. The van der Waals surface area contributed by atoms with E-state index in [0.717, 1.165) is 5.69 Å². The van der Waals surface area contributed by atoms with Crippen molar-refractivity contribution in [1.29, 1.82) is 0 Å². The highest BCUT2D eigenvalue weighted by molar-refractivity contribution is 5.62. The molecule has 2 aromatic rings. The van der Waals surface area contributed by atoms with Crippen molar-refractivity contribution in [3.8, 4) is 17.2 Å². The van der Waals surface area contributed by atoms with E-state index >= 15 is 0 Å². The Balaban J connectivity index is 2.22. The molecule has 0 saturated carbocycles. The van der Waals surface area contributed by atoms with Crippen LogP contribution in [0.5, 0.6) is 17.2 Å². The molecule has 0 aliphatic heterocycles. The Morgan fingerprint density at radius 1 is 0.952 bits per heavy atom. The highest BCUT2D eigenvalue weighted by Crippen LogP contribution is 2.40. The van der Waals surface area contributed by atoms with Gasteiger partial charge in [0.1, 0.15) is 5.82 Å². The van der Waals surface area contributed by atoms with Crippen LogP contribution >= 0.6 is 0 Å². The first kappa shape index (κ1) is 15.0. The summed E-state index contributed by atoms with van der Waals surface area (Å²) in [6.45, 7) is 0.366. The molecule has 4 nitrogen and oxygen atoms in total. The van der Waals surface area contributed by atoms with Crippen molar-refractivity contribution in [3.63, 3.8) is 0 Å². The monoisotopic (exact) mass is 291 g/mol. The van der Waals surface area contributed by atoms with Crippen LogP contribution in [0.15, 0.2) is 36.4 Å². The second kappa shape index (κ2) is 6.83. The molecule has 0 saturated heterocycles. The maximum Gasteiger partial charge on any atom is 0.203 e. The molecule has 0 atom stereocenters. The number of methoxy groups -OCH3 is 3. The average Bonchev–Trinajstić information content (AvgIpc) is 2.52. The summed E-state index contributed by atoms with van der Waals surface area (Å²) in [6.07, 6.45) is 0. The van der Waals surface area contributed by atoms with Crippen molar-refractivity contribution < 1.29 is 18.6 Å². The van der Waals surface area contributed by atoms with E-state index in [4.69, 9.17) is 14.2 Å². The van der Waals surface area contributed by atoms with Gasteiger partial charge in [0.05, 0.1) is 21.3 Å². The fraction of sp³-hybridized carbons (Fsp3) is 0.250. The minimum absolute atomic E-state index is 0.238. The molecule has 21 heavy (non-hydrogen) atoms. The summed E-state index contributed by atoms with van der Waals surface area (Å²) in [5.74, 6) is 1.38. The summed E-state index contributed by atoms with van der Waals surface area (Å²) in [5, 5.41) is 3.15. The second-order valence-corrected chi connectivity index (χ2v) is 4.36. The largest absolute Gasteiger partial charge is 0.493 e. The third kappa shape index (κ3) is 3.37. The zero-order valence-corrected chi connectivity index (χ0v) is 12.3. The molecule has 0 bridgehead atoms. The quantitative estimate of drug-likeness (QED) is 0.884. The Kier molecular flexibility index (Phi) is 4.87. The smallest absolute Gasteiger partial charge is 0.203 e. The van der Waals surface area contributed by atoms with Gasteiger partial charge in [-0.25, -0.2) is 4.39 Å². The van der Waals surface area contributed by atoms with Crippen LogP contribution in [0.2, 0.25) is 0 Å². The second-order valence-electron chi connectivity index (χ2n) is 4.36. The van der Waals surface area contributed by atoms with Crippen LogP contribution in [0.1, 0.15) is 5.56 Å². The molecule has 1 N–H and O–H groups in total. The normalized spacial score (nSPS) is 10.1. The van der Waals surface area contributed by atoms with Gasteiger partial charge in [-0.3, -0.25) is 0 Å². The van der Waals surface area contributed by atoms with Gasteiger partial charge in [0.15, 0.2) is 11.5 Å². The molecule has 0 aliphatic carbocycles. The van der Waals surface area contributed by atoms with Crippen molar-refractivity contribution >= 4 is 5.69 Å². The number of halogens is 1. The topological polar surface area (TPSA) is 39.7 Å². The van der Waals surface area contributed by atoms with Crippen LogP contribution in [-0.4, -0.2) is 21.3 Å². The average molecular weight is 291 g/mol. The van der Waals surface area contributed by atoms with Gasteiger partial charge < -0.3 is 19.5 Å². The lowest BCUT2D eigenvalue weighted by Gasteiger charge is -2.15. The third-order valence-electron chi connectivity index (χ3n) is 3.11. The summed E-state index contributed by atoms with van der Waals surface area (Å²) in [7, 11) is 4.66. The molecular weight excluding hydrogens is 273 g/mol. The lowest BCUT2D eigenvalue weighted by atomic mass is 10.2. The summed E-state index contributed by atoms with van der Waals surface area (Å²) >= 11 is 0. The van der Waals surface area contributed by atoms with Crippen LogP contribution in [0.3, 0.4) is 0 Å². The van der Waals surface area contributed by atoms with E-state index in [0.29, 0.717) is 29.4 Å². The standard InChI is InChI=1S/C16H18FNO3/c1-19-14-8-12(9-15(20-2)16(14)21-3)18-10-11-6-4-5-7-13(11)17/h4-9,18H,10H2,1-3H3. The van der Waals surface area contributed by atoms with Crippen molar-refractivity contribution in [2.24, 2.45) is 0 Å². The molecule has 0 amide bonds.